The van der Waals surface area contributed by atoms with Crippen LogP contribution in [0.1, 0.15) is 11.1 Å². The molecule has 2 aliphatic rings. The van der Waals surface area contributed by atoms with Gasteiger partial charge in [0.1, 0.15) is 0 Å². The average molecular weight is 289 g/mol. The Kier molecular flexibility index (Phi) is 3.63. The number of carbonyl (C=O) groups is 1. The normalized spacial score (nSPS) is 22.1. The molecule has 1 aromatic rings. The van der Waals surface area contributed by atoms with Crippen LogP contribution < -0.4 is 0 Å². The standard InChI is InChI=1S/C15H19N3O3/c1-16-5-7-17(8-6-16)15(19)12-9-11-3-2-4-14(18(20)21)13(11)10-12/h2-4,12H,5-10H2,1H3/t12-/m0/s1. The Morgan fingerprint density at radius 1 is 1.24 bits per heavy atom. The molecule has 1 aliphatic heterocycles. The maximum atomic E-state index is 12.6. The summed E-state index contributed by atoms with van der Waals surface area (Å²) in [6.07, 6.45) is 1.12. The number of rotatable bonds is 2. The molecule has 1 fully saturated rings. The van der Waals surface area contributed by atoms with Crippen LogP contribution in [-0.4, -0.2) is 53.9 Å². The Labute approximate surface area is 123 Å². The van der Waals surface area contributed by atoms with Crippen molar-refractivity contribution in [2.45, 2.75) is 12.8 Å². The number of benzene rings is 1. The van der Waals surface area contributed by atoms with Crippen LogP contribution in [0.4, 0.5) is 5.69 Å². The van der Waals surface area contributed by atoms with Gasteiger partial charge in [-0.3, -0.25) is 14.9 Å². The zero-order valence-corrected chi connectivity index (χ0v) is 12.1. The Hall–Kier alpha value is -1.95. The summed E-state index contributed by atoms with van der Waals surface area (Å²) in [6.45, 7) is 3.30. The van der Waals surface area contributed by atoms with E-state index in [1.165, 1.54) is 6.07 Å². The van der Waals surface area contributed by atoms with Gasteiger partial charge in [-0.25, -0.2) is 0 Å². The van der Waals surface area contributed by atoms with Gasteiger partial charge in [0.15, 0.2) is 0 Å². The van der Waals surface area contributed by atoms with Crippen molar-refractivity contribution in [2.24, 2.45) is 5.92 Å². The lowest BCUT2D eigenvalue weighted by molar-refractivity contribution is -0.385. The van der Waals surface area contributed by atoms with Crippen molar-refractivity contribution >= 4 is 11.6 Å². The van der Waals surface area contributed by atoms with Crippen molar-refractivity contribution in [1.82, 2.24) is 9.80 Å². The Bertz CT molecular complexity index is 580. The van der Waals surface area contributed by atoms with Crippen molar-refractivity contribution in [3.8, 4) is 0 Å². The number of likely N-dealkylation sites (N-methyl/N-ethyl adjacent to an activating group) is 1. The van der Waals surface area contributed by atoms with Crippen molar-refractivity contribution in [3.63, 3.8) is 0 Å². The number of hydrogen-bond acceptors (Lipinski definition) is 4. The fraction of sp³-hybridized carbons (Fsp3) is 0.533. The third-order valence-corrected chi connectivity index (χ3v) is 4.53. The second-order valence-corrected chi connectivity index (χ2v) is 5.91. The number of nitrogens with zero attached hydrogens (tertiary/aromatic N) is 3. The molecule has 3 rings (SSSR count). The fourth-order valence-corrected chi connectivity index (χ4v) is 3.26. The predicted octanol–water partition coefficient (Wildman–Crippen LogP) is 1.08. The minimum Gasteiger partial charge on any atom is -0.340 e. The molecule has 6 heteroatoms. The third-order valence-electron chi connectivity index (χ3n) is 4.53. The first kappa shape index (κ1) is 14.0. The monoisotopic (exact) mass is 289 g/mol. The summed E-state index contributed by atoms with van der Waals surface area (Å²) >= 11 is 0. The van der Waals surface area contributed by atoms with E-state index in [2.05, 4.69) is 11.9 Å². The number of carbonyl (C=O) groups excluding carboxylic acids is 1. The van der Waals surface area contributed by atoms with Crippen LogP contribution in [0.3, 0.4) is 0 Å². The highest BCUT2D eigenvalue weighted by atomic mass is 16.6. The van der Waals surface area contributed by atoms with Gasteiger partial charge in [-0.2, -0.15) is 0 Å². The predicted molar refractivity (Wildman–Crippen MR) is 78.1 cm³/mol. The number of nitro groups is 1. The minimum atomic E-state index is -0.346. The molecular formula is C15H19N3O3. The molecule has 6 nitrogen and oxygen atoms in total. The van der Waals surface area contributed by atoms with Crippen molar-refractivity contribution in [1.29, 1.82) is 0 Å². The summed E-state index contributed by atoms with van der Waals surface area (Å²) in [5.41, 5.74) is 1.85. The molecular weight excluding hydrogens is 270 g/mol. The van der Waals surface area contributed by atoms with E-state index in [9.17, 15) is 14.9 Å². The van der Waals surface area contributed by atoms with Crippen LogP contribution in [0.15, 0.2) is 18.2 Å². The van der Waals surface area contributed by atoms with Crippen LogP contribution in [-0.2, 0) is 17.6 Å². The first-order chi connectivity index (χ1) is 10.1. The Balaban J connectivity index is 1.74. The van der Waals surface area contributed by atoms with E-state index in [0.717, 1.165) is 37.3 Å². The molecule has 1 aliphatic carbocycles. The smallest absolute Gasteiger partial charge is 0.272 e. The van der Waals surface area contributed by atoms with Gasteiger partial charge in [0, 0.05) is 43.7 Å². The molecule has 1 atom stereocenters. The number of amides is 1. The quantitative estimate of drug-likeness (QED) is 0.603. The van der Waals surface area contributed by atoms with Crippen LogP contribution in [0.2, 0.25) is 0 Å². The summed E-state index contributed by atoms with van der Waals surface area (Å²) in [6, 6.07) is 5.14. The first-order valence-corrected chi connectivity index (χ1v) is 7.28. The second kappa shape index (κ2) is 5.44. The van der Waals surface area contributed by atoms with E-state index in [0.29, 0.717) is 12.8 Å². The molecule has 21 heavy (non-hydrogen) atoms. The molecule has 0 N–H and O–H groups in total. The highest BCUT2D eigenvalue weighted by Crippen LogP contribution is 2.34. The van der Waals surface area contributed by atoms with Gasteiger partial charge in [-0.05, 0) is 25.5 Å². The molecule has 0 spiro atoms. The molecule has 0 bridgehead atoms. The fourth-order valence-electron chi connectivity index (χ4n) is 3.26. The van der Waals surface area contributed by atoms with Gasteiger partial charge in [-0.1, -0.05) is 12.1 Å². The highest BCUT2D eigenvalue weighted by molar-refractivity contribution is 5.81. The van der Waals surface area contributed by atoms with Crippen LogP contribution in [0, 0.1) is 16.0 Å². The molecule has 1 heterocycles. The largest absolute Gasteiger partial charge is 0.340 e. The van der Waals surface area contributed by atoms with E-state index >= 15 is 0 Å². The molecule has 1 amide bonds. The van der Waals surface area contributed by atoms with Gasteiger partial charge in [0.2, 0.25) is 5.91 Å². The number of piperazine rings is 1. The number of hydrogen-bond donors (Lipinski definition) is 0. The maximum Gasteiger partial charge on any atom is 0.272 e. The summed E-state index contributed by atoms with van der Waals surface area (Å²) in [7, 11) is 2.05. The van der Waals surface area contributed by atoms with Gasteiger partial charge in [0.25, 0.3) is 5.69 Å². The average Bonchev–Trinajstić information content (AvgIpc) is 2.90. The maximum absolute atomic E-state index is 12.6. The molecule has 0 unspecified atom stereocenters. The summed E-state index contributed by atoms with van der Waals surface area (Å²) in [5, 5.41) is 11.1. The molecule has 1 aromatic carbocycles. The van der Waals surface area contributed by atoms with E-state index in [-0.39, 0.29) is 22.4 Å². The molecule has 0 radical (unpaired) electrons. The number of fused-ring (bicyclic) bond motifs is 1. The van der Waals surface area contributed by atoms with E-state index < -0.39 is 0 Å². The molecule has 0 aromatic heterocycles. The van der Waals surface area contributed by atoms with E-state index in [1.807, 2.05) is 11.0 Å². The van der Waals surface area contributed by atoms with Gasteiger partial charge >= 0.3 is 0 Å². The molecule has 0 saturated carbocycles. The van der Waals surface area contributed by atoms with E-state index in [1.54, 1.807) is 6.07 Å². The van der Waals surface area contributed by atoms with Crippen LogP contribution in [0.25, 0.3) is 0 Å². The lowest BCUT2D eigenvalue weighted by Gasteiger charge is -2.33. The van der Waals surface area contributed by atoms with Gasteiger partial charge in [-0.15, -0.1) is 0 Å². The lowest BCUT2D eigenvalue weighted by Crippen LogP contribution is -2.49. The SMILES string of the molecule is CN1CCN(C(=O)[C@H]2Cc3cccc([N+](=O)[O-])c3C2)CC1. The zero-order chi connectivity index (χ0) is 15.0. The molecule has 1 saturated heterocycles. The van der Waals surface area contributed by atoms with E-state index in [4.69, 9.17) is 0 Å². The summed E-state index contributed by atoms with van der Waals surface area (Å²) in [4.78, 5) is 27.4. The van der Waals surface area contributed by atoms with Crippen molar-refractivity contribution < 1.29 is 9.72 Å². The second-order valence-electron chi connectivity index (χ2n) is 5.91. The van der Waals surface area contributed by atoms with Crippen LogP contribution in [0.5, 0.6) is 0 Å². The summed E-state index contributed by atoms with van der Waals surface area (Å²) < 4.78 is 0. The summed E-state index contributed by atoms with van der Waals surface area (Å²) in [5.74, 6) is 0.0121. The Morgan fingerprint density at radius 3 is 2.62 bits per heavy atom. The lowest BCUT2D eigenvalue weighted by atomic mass is 10.0. The van der Waals surface area contributed by atoms with Crippen molar-refractivity contribution in [2.75, 3.05) is 33.2 Å². The zero-order valence-electron chi connectivity index (χ0n) is 12.1. The van der Waals surface area contributed by atoms with Crippen molar-refractivity contribution in [3.05, 3.63) is 39.4 Å². The third kappa shape index (κ3) is 2.63. The Morgan fingerprint density at radius 2 is 1.95 bits per heavy atom. The first-order valence-electron chi connectivity index (χ1n) is 7.28. The minimum absolute atomic E-state index is 0.135. The highest BCUT2D eigenvalue weighted by Gasteiger charge is 2.35. The topological polar surface area (TPSA) is 66.7 Å². The number of nitro benzene ring substituents is 1. The molecule has 112 valence electrons. The van der Waals surface area contributed by atoms with Gasteiger partial charge in [0.05, 0.1) is 4.92 Å². The van der Waals surface area contributed by atoms with Gasteiger partial charge < -0.3 is 9.80 Å². The van der Waals surface area contributed by atoms with Crippen LogP contribution >= 0.6 is 0 Å².